The number of hydrogen-bond donors (Lipinski definition) is 0. The van der Waals surface area contributed by atoms with Gasteiger partial charge in [-0.3, -0.25) is 0 Å². The second-order valence-corrected chi connectivity index (χ2v) is 5.20. The third kappa shape index (κ3) is 3.82. The van der Waals surface area contributed by atoms with E-state index >= 15 is 0 Å². The van der Waals surface area contributed by atoms with Crippen LogP contribution in [0.25, 0.3) is 5.57 Å². The number of allylic oxidation sites excluding steroid dienone is 1. The Morgan fingerprint density at radius 2 is 1.38 bits per heavy atom. The quantitative estimate of drug-likeness (QED) is 0.746. The Morgan fingerprint density at radius 1 is 0.750 bits per heavy atom. The summed E-state index contributed by atoms with van der Waals surface area (Å²) in [6, 6.07) is 11.8. The van der Waals surface area contributed by atoms with E-state index in [0.29, 0.717) is 11.5 Å². The molecule has 0 saturated heterocycles. The lowest BCUT2D eigenvalue weighted by Crippen LogP contribution is -1.95. The summed E-state index contributed by atoms with van der Waals surface area (Å²) in [6.45, 7) is 2.11. The van der Waals surface area contributed by atoms with Crippen molar-refractivity contribution < 1.29 is 18.9 Å². The molecular formula is C20H24O4. The molecule has 0 radical (unpaired) electrons. The van der Waals surface area contributed by atoms with Crippen molar-refractivity contribution in [3.8, 4) is 23.0 Å². The molecule has 128 valence electrons. The summed E-state index contributed by atoms with van der Waals surface area (Å²) in [5.74, 6) is 2.92. The minimum atomic E-state index is 0.701. The number of benzene rings is 2. The first kappa shape index (κ1) is 17.7. The van der Waals surface area contributed by atoms with Gasteiger partial charge in [0.05, 0.1) is 28.4 Å². The van der Waals surface area contributed by atoms with Crippen LogP contribution >= 0.6 is 0 Å². The second-order valence-electron chi connectivity index (χ2n) is 5.20. The SMILES string of the molecule is CC/C=C(/c1cc(OC)cc(OC)c1)c1ccc(OC)c(OC)c1. The number of rotatable bonds is 7. The second kappa shape index (κ2) is 8.29. The first-order valence-corrected chi connectivity index (χ1v) is 7.82. The van der Waals surface area contributed by atoms with Crippen molar-refractivity contribution in [2.45, 2.75) is 13.3 Å². The molecule has 0 fully saturated rings. The van der Waals surface area contributed by atoms with E-state index in [1.165, 1.54) is 0 Å². The average molecular weight is 328 g/mol. The molecule has 0 unspecified atom stereocenters. The first-order chi connectivity index (χ1) is 11.7. The van der Waals surface area contributed by atoms with Crippen LogP contribution < -0.4 is 18.9 Å². The summed E-state index contributed by atoms with van der Waals surface area (Å²) in [6.07, 6.45) is 3.08. The molecule has 2 aromatic carbocycles. The van der Waals surface area contributed by atoms with Crippen LogP contribution in [0.15, 0.2) is 42.5 Å². The highest BCUT2D eigenvalue weighted by Gasteiger charge is 2.12. The molecule has 0 saturated carbocycles. The van der Waals surface area contributed by atoms with Crippen molar-refractivity contribution in [2.75, 3.05) is 28.4 Å². The topological polar surface area (TPSA) is 36.9 Å². The maximum Gasteiger partial charge on any atom is 0.161 e. The fourth-order valence-corrected chi connectivity index (χ4v) is 2.57. The van der Waals surface area contributed by atoms with Crippen molar-refractivity contribution >= 4 is 5.57 Å². The number of ether oxygens (including phenoxy) is 4. The van der Waals surface area contributed by atoms with E-state index in [9.17, 15) is 0 Å². The van der Waals surface area contributed by atoms with Gasteiger partial charge in [-0.05, 0) is 47.4 Å². The van der Waals surface area contributed by atoms with Gasteiger partial charge in [0.2, 0.25) is 0 Å². The Labute approximate surface area is 143 Å². The zero-order chi connectivity index (χ0) is 17.5. The van der Waals surface area contributed by atoms with Crippen molar-refractivity contribution in [2.24, 2.45) is 0 Å². The molecule has 0 atom stereocenters. The maximum absolute atomic E-state index is 5.43. The third-order valence-corrected chi connectivity index (χ3v) is 3.77. The number of hydrogen-bond acceptors (Lipinski definition) is 4. The molecule has 0 aliphatic heterocycles. The van der Waals surface area contributed by atoms with Gasteiger partial charge in [0.1, 0.15) is 11.5 Å². The lowest BCUT2D eigenvalue weighted by molar-refractivity contribution is 0.355. The van der Waals surface area contributed by atoms with Gasteiger partial charge in [-0.15, -0.1) is 0 Å². The molecule has 0 aromatic heterocycles. The van der Waals surface area contributed by atoms with Crippen LogP contribution in [0.2, 0.25) is 0 Å². The van der Waals surface area contributed by atoms with E-state index in [1.54, 1.807) is 28.4 Å². The highest BCUT2D eigenvalue weighted by molar-refractivity contribution is 5.82. The normalized spacial score (nSPS) is 11.1. The van der Waals surface area contributed by atoms with E-state index in [-0.39, 0.29) is 0 Å². The smallest absolute Gasteiger partial charge is 0.161 e. The largest absolute Gasteiger partial charge is 0.497 e. The van der Waals surface area contributed by atoms with Crippen LogP contribution in [0.4, 0.5) is 0 Å². The fraction of sp³-hybridized carbons (Fsp3) is 0.300. The summed E-state index contributed by atoms with van der Waals surface area (Å²) < 4.78 is 21.5. The Balaban J connectivity index is 2.57. The van der Waals surface area contributed by atoms with Gasteiger partial charge in [-0.1, -0.05) is 19.1 Å². The Kier molecular flexibility index (Phi) is 6.13. The molecule has 4 heteroatoms. The van der Waals surface area contributed by atoms with Gasteiger partial charge < -0.3 is 18.9 Å². The van der Waals surface area contributed by atoms with Gasteiger partial charge in [0.25, 0.3) is 0 Å². The molecule has 2 rings (SSSR count). The maximum atomic E-state index is 5.43. The summed E-state index contributed by atoms with van der Waals surface area (Å²) in [7, 11) is 6.57. The van der Waals surface area contributed by atoms with Gasteiger partial charge in [0.15, 0.2) is 11.5 Å². The molecular weight excluding hydrogens is 304 g/mol. The van der Waals surface area contributed by atoms with Gasteiger partial charge in [-0.2, -0.15) is 0 Å². The van der Waals surface area contributed by atoms with E-state index in [1.807, 2.05) is 36.4 Å². The zero-order valence-corrected chi connectivity index (χ0v) is 14.9. The van der Waals surface area contributed by atoms with Gasteiger partial charge in [0, 0.05) is 6.07 Å². The van der Waals surface area contributed by atoms with Crippen molar-refractivity contribution in [3.63, 3.8) is 0 Å². The summed E-state index contributed by atoms with van der Waals surface area (Å²) in [5, 5.41) is 0. The summed E-state index contributed by atoms with van der Waals surface area (Å²) >= 11 is 0. The molecule has 4 nitrogen and oxygen atoms in total. The Bertz CT molecular complexity index is 697. The van der Waals surface area contributed by atoms with E-state index in [0.717, 1.165) is 34.6 Å². The van der Waals surface area contributed by atoms with E-state index < -0.39 is 0 Å². The summed E-state index contributed by atoms with van der Waals surface area (Å²) in [4.78, 5) is 0. The highest BCUT2D eigenvalue weighted by Crippen LogP contribution is 2.35. The minimum Gasteiger partial charge on any atom is -0.497 e. The molecule has 0 bridgehead atoms. The van der Waals surface area contributed by atoms with Gasteiger partial charge >= 0.3 is 0 Å². The average Bonchev–Trinajstić information content (AvgIpc) is 2.64. The van der Waals surface area contributed by atoms with E-state index in [2.05, 4.69) is 13.0 Å². The standard InChI is InChI=1S/C20H24O4/c1-6-7-18(14-8-9-19(23-4)20(12-14)24-5)15-10-16(21-2)13-17(11-15)22-3/h7-13H,6H2,1-5H3/b18-7+. The predicted molar refractivity (Wildman–Crippen MR) is 96.5 cm³/mol. The van der Waals surface area contributed by atoms with Crippen LogP contribution in [0, 0.1) is 0 Å². The lowest BCUT2D eigenvalue weighted by Gasteiger charge is -2.14. The van der Waals surface area contributed by atoms with Crippen molar-refractivity contribution in [3.05, 3.63) is 53.6 Å². The molecule has 0 amide bonds. The third-order valence-electron chi connectivity index (χ3n) is 3.77. The van der Waals surface area contributed by atoms with Crippen LogP contribution in [-0.2, 0) is 0 Å². The first-order valence-electron chi connectivity index (χ1n) is 7.82. The monoisotopic (exact) mass is 328 g/mol. The molecule has 0 spiro atoms. The molecule has 0 heterocycles. The van der Waals surface area contributed by atoms with Crippen molar-refractivity contribution in [1.29, 1.82) is 0 Å². The van der Waals surface area contributed by atoms with Crippen LogP contribution in [-0.4, -0.2) is 28.4 Å². The highest BCUT2D eigenvalue weighted by atomic mass is 16.5. The summed E-state index contributed by atoms with van der Waals surface area (Å²) in [5.41, 5.74) is 3.17. The van der Waals surface area contributed by atoms with Crippen LogP contribution in [0.3, 0.4) is 0 Å². The molecule has 0 N–H and O–H groups in total. The Hall–Kier alpha value is -2.62. The van der Waals surface area contributed by atoms with Gasteiger partial charge in [-0.25, -0.2) is 0 Å². The fourth-order valence-electron chi connectivity index (χ4n) is 2.57. The van der Waals surface area contributed by atoms with Crippen molar-refractivity contribution in [1.82, 2.24) is 0 Å². The van der Waals surface area contributed by atoms with E-state index in [4.69, 9.17) is 18.9 Å². The Morgan fingerprint density at radius 3 is 1.88 bits per heavy atom. The molecule has 0 aliphatic carbocycles. The lowest BCUT2D eigenvalue weighted by atomic mass is 9.96. The van der Waals surface area contributed by atoms with Crippen LogP contribution in [0.1, 0.15) is 24.5 Å². The van der Waals surface area contributed by atoms with Crippen LogP contribution in [0.5, 0.6) is 23.0 Å². The molecule has 24 heavy (non-hydrogen) atoms. The minimum absolute atomic E-state index is 0.701. The molecule has 0 aliphatic rings. The predicted octanol–water partition coefficient (Wildman–Crippen LogP) is 4.56. The zero-order valence-electron chi connectivity index (χ0n) is 14.9. The number of methoxy groups -OCH3 is 4. The molecule has 2 aromatic rings.